The highest BCUT2D eigenvalue weighted by Crippen LogP contribution is 2.29. The minimum Gasteiger partial charge on any atom is -0.326 e. The standard InChI is InChI=1S/C27H28F3N3O2/c1-19(2)21-8-12-24(13-9-21)32-26(35)33(18-20-6-4-3-5-7-20)17-16-25(34)31-23-14-10-22(11-15-23)27(28,29)30/h3-15,19H,16-18H2,1-2H3,(H,31,34)(H,32,35). The molecular formula is C27H28F3N3O2. The smallest absolute Gasteiger partial charge is 0.326 e. The normalized spacial score (nSPS) is 11.3. The summed E-state index contributed by atoms with van der Waals surface area (Å²) in [4.78, 5) is 27.0. The Morgan fingerprint density at radius 2 is 1.40 bits per heavy atom. The van der Waals surface area contributed by atoms with Crippen LogP contribution >= 0.6 is 0 Å². The number of carbonyl (C=O) groups excluding carboxylic acids is 2. The third kappa shape index (κ3) is 7.88. The highest BCUT2D eigenvalue weighted by molar-refractivity contribution is 5.92. The largest absolute Gasteiger partial charge is 0.416 e. The molecule has 184 valence electrons. The van der Waals surface area contributed by atoms with Crippen molar-refractivity contribution >= 4 is 23.3 Å². The van der Waals surface area contributed by atoms with Gasteiger partial charge in [-0.3, -0.25) is 4.79 Å². The number of nitrogens with one attached hydrogen (secondary N) is 2. The van der Waals surface area contributed by atoms with Gasteiger partial charge in [0.2, 0.25) is 5.91 Å². The minimum absolute atomic E-state index is 0.0203. The molecule has 3 aromatic rings. The van der Waals surface area contributed by atoms with Crippen molar-refractivity contribution in [2.75, 3.05) is 17.2 Å². The van der Waals surface area contributed by atoms with Gasteiger partial charge in [-0.2, -0.15) is 13.2 Å². The molecule has 0 aliphatic carbocycles. The molecule has 0 aromatic heterocycles. The van der Waals surface area contributed by atoms with E-state index >= 15 is 0 Å². The first kappa shape index (κ1) is 25.8. The van der Waals surface area contributed by atoms with E-state index < -0.39 is 17.6 Å². The van der Waals surface area contributed by atoms with E-state index in [0.29, 0.717) is 18.2 Å². The Bertz CT molecular complexity index is 1110. The van der Waals surface area contributed by atoms with Gasteiger partial charge in [0.1, 0.15) is 0 Å². The summed E-state index contributed by atoms with van der Waals surface area (Å²) in [7, 11) is 0. The number of alkyl halides is 3. The lowest BCUT2D eigenvalue weighted by molar-refractivity contribution is -0.137. The average Bonchev–Trinajstić information content (AvgIpc) is 2.82. The van der Waals surface area contributed by atoms with Crippen LogP contribution in [0.3, 0.4) is 0 Å². The van der Waals surface area contributed by atoms with E-state index in [2.05, 4.69) is 24.5 Å². The van der Waals surface area contributed by atoms with E-state index in [4.69, 9.17) is 0 Å². The first-order valence-electron chi connectivity index (χ1n) is 11.3. The molecule has 0 fully saturated rings. The molecule has 3 amide bonds. The highest BCUT2D eigenvalue weighted by atomic mass is 19.4. The van der Waals surface area contributed by atoms with E-state index in [1.165, 1.54) is 17.0 Å². The van der Waals surface area contributed by atoms with E-state index in [1.807, 2.05) is 54.6 Å². The van der Waals surface area contributed by atoms with Gasteiger partial charge in [-0.15, -0.1) is 0 Å². The molecule has 0 saturated heterocycles. The van der Waals surface area contributed by atoms with E-state index in [0.717, 1.165) is 23.3 Å². The van der Waals surface area contributed by atoms with Crippen LogP contribution in [0.1, 0.15) is 42.9 Å². The maximum absolute atomic E-state index is 13.0. The summed E-state index contributed by atoms with van der Waals surface area (Å²) in [6.07, 6.45) is -4.46. The van der Waals surface area contributed by atoms with Gasteiger partial charge in [0.05, 0.1) is 5.56 Å². The Balaban J connectivity index is 1.64. The fraction of sp³-hybridized carbons (Fsp3) is 0.259. The molecule has 0 atom stereocenters. The van der Waals surface area contributed by atoms with Gasteiger partial charge in [0.25, 0.3) is 0 Å². The maximum Gasteiger partial charge on any atom is 0.416 e. The molecule has 35 heavy (non-hydrogen) atoms. The van der Waals surface area contributed by atoms with Crippen LogP contribution in [0.25, 0.3) is 0 Å². The van der Waals surface area contributed by atoms with Crippen molar-refractivity contribution in [3.63, 3.8) is 0 Å². The average molecular weight is 484 g/mol. The third-order valence-corrected chi connectivity index (χ3v) is 5.44. The summed E-state index contributed by atoms with van der Waals surface area (Å²) >= 11 is 0. The molecule has 3 rings (SSSR count). The molecule has 0 bridgehead atoms. The van der Waals surface area contributed by atoms with Crippen LogP contribution in [0.2, 0.25) is 0 Å². The Labute approximate surface area is 203 Å². The van der Waals surface area contributed by atoms with E-state index in [-0.39, 0.29) is 24.7 Å². The third-order valence-electron chi connectivity index (χ3n) is 5.44. The quantitative estimate of drug-likeness (QED) is 0.366. The second-order valence-electron chi connectivity index (χ2n) is 8.49. The van der Waals surface area contributed by atoms with Crippen LogP contribution in [-0.2, 0) is 17.5 Å². The first-order valence-corrected chi connectivity index (χ1v) is 11.3. The number of amides is 3. The van der Waals surface area contributed by atoms with E-state index in [1.54, 1.807) is 0 Å². The zero-order valence-corrected chi connectivity index (χ0v) is 19.6. The number of hydrogen-bond acceptors (Lipinski definition) is 2. The number of urea groups is 1. The van der Waals surface area contributed by atoms with E-state index in [9.17, 15) is 22.8 Å². The van der Waals surface area contributed by atoms with Gasteiger partial charge < -0.3 is 15.5 Å². The Hall–Kier alpha value is -3.81. The summed E-state index contributed by atoms with van der Waals surface area (Å²) in [5.41, 5.74) is 2.17. The van der Waals surface area contributed by atoms with Crippen molar-refractivity contribution in [3.8, 4) is 0 Å². The Morgan fingerprint density at radius 3 is 1.97 bits per heavy atom. The fourth-order valence-corrected chi connectivity index (χ4v) is 3.41. The maximum atomic E-state index is 13.0. The second kappa shape index (κ2) is 11.6. The van der Waals surface area contributed by atoms with Gasteiger partial charge >= 0.3 is 12.2 Å². The van der Waals surface area contributed by atoms with Crippen LogP contribution in [0.5, 0.6) is 0 Å². The number of nitrogens with zero attached hydrogens (tertiary/aromatic N) is 1. The van der Waals surface area contributed by atoms with Gasteiger partial charge in [-0.25, -0.2) is 4.79 Å². The van der Waals surface area contributed by atoms with Gasteiger partial charge in [0, 0.05) is 30.9 Å². The highest BCUT2D eigenvalue weighted by Gasteiger charge is 2.30. The number of hydrogen-bond donors (Lipinski definition) is 2. The molecule has 2 N–H and O–H groups in total. The molecule has 0 heterocycles. The molecular weight excluding hydrogens is 455 g/mol. The number of anilines is 2. The van der Waals surface area contributed by atoms with Crippen LogP contribution in [0.4, 0.5) is 29.3 Å². The van der Waals surface area contributed by atoms with Crippen molar-refractivity contribution in [3.05, 3.63) is 95.6 Å². The van der Waals surface area contributed by atoms with Crippen molar-refractivity contribution in [1.29, 1.82) is 0 Å². The van der Waals surface area contributed by atoms with Gasteiger partial charge in [-0.1, -0.05) is 56.3 Å². The molecule has 0 spiro atoms. The Morgan fingerprint density at radius 1 is 0.829 bits per heavy atom. The molecule has 0 radical (unpaired) electrons. The lowest BCUT2D eigenvalue weighted by Gasteiger charge is -2.23. The summed E-state index contributed by atoms with van der Waals surface area (Å²) in [5, 5.41) is 5.45. The van der Waals surface area contributed by atoms with Crippen LogP contribution in [0, 0.1) is 0 Å². The lowest BCUT2D eigenvalue weighted by atomic mass is 10.0. The zero-order chi connectivity index (χ0) is 25.4. The SMILES string of the molecule is CC(C)c1ccc(NC(=O)N(CCC(=O)Nc2ccc(C(F)(F)F)cc2)Cc2ccccc2)cc1. The van der Waals surface area contributed by atoms with Crippen LogP contribution in [-0.4, -0.2) is 23.4 Å². The molecule has 3 aromatic carbocycles. The molecule has 0 unspecified atom stereocenters. The number of halogens is 3. The molecule has 5 nitrogen and oxygen atoms in total. The van der Waals surface area contributed by atoms with Gasteiger partial charge in [-0.05, 0) is 53.4 Å². The van der Waals surface area contributed by atoms with Crippen LogP contribution in [0.15, 0.2) is 78.9 Å². The lowest BCUT2D eigenvalue weighted by Crippen LogP contribution is -2.36. The number of rotatable bonds is 8. The first-order chi connectivity index (χ1) is 16.6. The van der Waals surface area contributed by atoms with Crippen molar-refractivity contribution in [1.82, 2.24) is 4.90 Å². The van der Waals surface area contributed by atoms with Crippen molar-refractivity contribution < 1.29 is 22.8 Å². The summed E-state index contributed by atoms with van der Waals surface area (Å²) in [6.45, 7) is 4.59. The van der Waals surface area contributed by atoms with Crippen molar-refractivity contribution in [2.45, 2.75) is 38.9 Å². The zero-order valence-electron chi connectivity index (χ0n) is 19.6. The monoisotopic (exact) mass is 483 g/mol. The van der Waals surface area contributed by atoms with Gasteiger partial charge in [0.15, 0.2) is 0 Å². The summed E-state index contributed by atoms with van der Waals surface area (Å²) in [6, 6.07) is 20.9. The molecule has 0 aliphatic rings. The summed E-state index contributed by atoms with van der Waals surface area (Å²) in [5.74, 6) is -0.0329. The number of carbonyl (C=O) groups is 2. The molecule has 8 heteroatoms. The fourth-order valence-electron chi connectivity index (χ4n) is 3.41. The molecule has 0 aliphatic heterocycles. The van der Waals surface area contributed by atoms with Crippen LogP contribution < -0.4 is 10.6 Å². The molecule has 0 saturated carbocycles. The predicted molar refractivity (Wildman–Crippen MR) is 131 cm³/mol. The summed E-state index contributed by atoms with van der Waals surface area (Å²) < 4.78 is 38.2. The number of benzene rings is 3. The second-order valence-corrected chi connectivity index (χ2v) is 8.49. The minimum atomic E-state index is -4.44. The predicted octanol–water partition coefficient (Wildman–Crippen LogP) is 6.89. The topological polar surface area (TPSA) is 61.4 Å². The van der Waals surface area contributed by atoms with Crippen molar-refractivity contribution in [2.24, 2.45) is 0 Å². The Kier molecular flexibility index (Phi) is 8.52.